The molecule has 1 N–H and O–H groups in total. The van der Waals surface area contributed by atoms with Gasteiger partial charge in [0.15, 0.2) is 11.4 Å². The Balaban J connectivity index is 2.03. The number of H-pyrrole nitrogens is 1. The monoisotopic (exact) mass is 284 g/mol. The number of ketones is 1. The summed E-state index contributed by atoms with van der Waals surface area (Å²) in [5.41, 5.74) is 2.14. The lowest BCUT2D eigenvalue weighted by atomic mass is 10.1. The van der Waals surface area contributed by atoms with Crippen molar-refractivity contribution in [3.05, 3.63) is 42.5 Å². The van der Waals surface area contributed by atoms with Gasteiger partial charge in [-0.2, -0.15) is 0 Å². The van der Waals surface area contributed by atoms with E-state index in [1.54, 1.807) is 6.33 Å². The highest BCUT2D eigenvalue weighted by molar-refractivity contribution is 7.99. The highest BCUT2D eigenvalue weighted by atomic mass is 32.2. The molecule has 0 bridgehead atoms. The lowest BCUT2D eigenvalue weighted by Crippen LogP contribution is -1.98. The lowest BCUT2D eigenvalue weighted by molar-refractivity contribution is 0.0985. The molecule has 0 saturated heterocycles. The number of fused-ring (bicyclic) bond motifs is 1. The second kappa shape index (κ2) is 5.42. The molecule has 0 radical (unpaired) electrons. The van der Waals surface area contributed by atoms with Gasteiger partial charge in [0.2, 0.25) is 0 Å². The van der Waals surface area contributed by atoms with E-state index in [2.05, 4.69) is 19.9 Å². The zero-order valence-electron chi connectivity index (χ0n) is 10.8. The van der Waals surface area contributed by atoms with Crippen LogP contribution in [0.5, 0.6) is 0 Å². The molecule has 6 heteroatoms. The SMILES string of the molecule is CCC(=O)c1ccccc1Sc1ncnc2nc[nH]c12. The second-order valence-electron chi connectivity index (χ2n) is 4.15. The summed E-state index contributed by atoms with van der Waals surface area (Å²) in [5, 5.41) is 0.767. The number of nitrogens with zero attached hydrogens (tertiary/aromatic N) is 3. The smallest absolute Gasteiger partial charge is 0.181 e. The van der Waals surface area contributed by atoms with Crippen molar-refractivity contribution in [3.63, 3.8) is 0 Å². The van der Waals surface area contributed by atoms with Crippen LogP contribution in [0.2, 0.25) is 0 Å². The van der Waals surface area contributed by atoms with Gasteiger partial charge in [0.05, 0.1) is 6.33 Å². The summed E-state index contributed by atoms with van der Waals surface area (Å²) in [6, 6.07) is 7.57. The number of imidazole rings is 1. The Kier molecular flexibility index (Phi) is 3.47. The highest BCUT2D eigenvalue weighted by Crippen LogP contribution is 2.32. The van der Waals surface area contributed by atoms with Crippen LogP contribution in [0.15, 0.2) is 46.8 Å². The van der Waals surface area contributed by atoms with Crippen LogP contribution in [0.4, 0.5) is 0 Å². The van der Waals surface area contributed by atoms with Crippen LogP contribution in [0.25, 0.3) is 11.2 Å². The van der Waals surface area contributed by atoms with Crippen molar-refractivity contribution in [2.75, 3.05) is 0 Å². The fourth-order valence-corrected chi connectivity index (χ4v) is 2.90. The van der Waals surface area contributed by atoms with E-state index in [0.717, 1.165) is 21.0 Å². The number of aromatic amines is 1. The van der Waals surface area contributed by atoms with Crippen molar-refractivity contribution in [3.8, 4) is 0 Å². The van der Waals surface area contributed by atoms with Crippen LogP contribution >= 0.6 is 11.8 Å². The average Bonchev–Trinajstić information content (AvgIpc) is 2.96. The van der Waals surface area contributed by atoms with Gasteiger partial charge >= 0.3 is 0 Å². The van der Waals surface area contributed by atoms with E-state index in [-0.39, 0.29) is 5.78 Å². The maximum Gasteiger partial charge on any atom is 0.181 e. The van der Waals surface area contributed by atoms with Gasteiger partial charge in [0.1, 0.15) is 16.9 Å². The molecule has 0 unspecified atom stereocenters. The number of carbonyl (C=O) groups excluding carboxylic acids is 1. The number of rotatable bonds is 4. The molecular weight excluding hydrogens is 272 g/mol. The maximum atomic E-state index is 12.0. The molecule has 2 aromatic heterocycles. The average molecular weight is 284 g/mol. The van der Waals surface area contributed by atoms with E-state index in [9.17, 15) is 4.79 Å². The molecule has 3 rings (SSSR count). The Labute approximate surface area is 119 Å². The Hall–Kier alpha value is -2.21. The minimum absolute atomic E-state index is 0.128. The molecule has 3 aromatic rings. The van der Waals surface area contributed by atoms with Gasteiger partial charge in [-0.15, -0.1) is 0 Å². The van der Waals surface area contributed by atoms with Crippen molar-refractivity contribution in [2.24, 2.45) is 0 Å². The van der Waals surface area contributed by atoms with Gasteiger partial charge in [0.25, 0.3) is 0 Å². The third kappa shape index (κ3) is 2.30. The van der Waals surface area contributed by atoms with E-state index in [1.807, 2.05) is 31.2 Å². The minimum atomic E-state index is 0.128. The van der Waals surface area contributed by atoms with Crippen LogP contribution in [-0.2, 0) is 0 Å². The fourth-order valence-electron chi connectivity index (χ4n) is 1.90. The number of benzene rings is 1. The Morgan fingerprint density at radius 3 is 2.95 bits per heavy atom. The van der Waals surface area contributed by atoms with Gasteiger partial charge in [-0.3, -0.25) is 4.79 Å². The number of hydrogen-bond acceptors (Lipinski definition) is 5. The largest absolute Gasteiger partial charge is 0.341 e. The van der Waals surface area contributed by atoms with Crippen molar-refractivity contribution < 1.29 is 4.79 Å². The first kappa shape index (κ1) is 12.8. The number of carbonyl (C=O) groups is 1. The molecule has 1 aromatic carbocycles. The molecule has 2 heterocycles. The standard InChI is InChI=1S/C14H12N4OS/c1-2-10(19)9-5-3-4-6-11(9)20-14-12-13(16-7-15-12)17-8-18-14/h3-8H,2H2,1H3,(H,15,16,17,18). The topological polar surface area (TPSA) is 71.5 Å². The van der Waals surface area contributed by atoms with E-state index < -0.39 is 0 Å². The van der Waals surface area contributed by atoms with Gasteiger partial charge in [-0.05, 0) is 6.07 Å². The first-order valence-electron chi connectivity index (χ1n) is 6.23. The quantitative estimate of drug-likeness (QED) is 0.589. The minimum Gasteiger partial charge on any atom is -0.341 e. The number of Topliss-reactive ketones (excluding diaryl/α,β-unsaturated/α-hetero) is 1. The van der Waals surface area contributed by atoms with Crippen LogP contribution in [0, 0.1) is 0 Å². The summed E-state index contributed by atoms with van der Waals surface area (Å²) in [6.45, 7) is 1.86. The zero-order valence-corrected chi connectivity index (χ0v) is 11.6. The van der Waals surface area contributed by atoms with Crippen molar-refractivity contribution in [1.82, 2.24) is 19.9 Å². The summed E-state index contributed by atoms with van der Waals surface area (Å²) >= 11 is 1.45. The van der Waals surface area contributed by atoms with Gasteiger partial charge in [-0.1, -0.05) is 36.9 Å². The van der Waals surface area contributed by atoms with E-state index in [4.69, 9.17) is 0 Å². The summed E-state index contributed by atoms with van der Waals surface area (Å²) in [6.07, 6.45) is 3.56. The predicted octanol–water partition coefficient (Wildman–Crippen LogP) is 3.10. The van der Waals surface area contributed by atoms with E-state index in [0.29, 0.717) is 12.1 Å². The molecule has 100 valence electrons. The molecule has 0 aliphatic heterocycles. The predicted molar refractivity (Wildman–Crippen MR) is 76.9 cm³/mol. The van der Waals surface area contributed by atoms with Crippen molar-refractivity contribution in [2.45, 2.75) is 23.3 Å². The van der Waals surface area contributed by atoms with Crippen molar-refractivity contribution in [1.29, 1.82) is 0 Å². The molecule has 0 aliphatic carbocycles. The van der Waals surface area contributed by atoms with E-state index in [1.165, 1.54) is 18.1 Å². The maximum absolute atomic E-state index is 12.0. The Morgan fingerprint density at radius 2 is 2.10 bits per heavy atom. The third-order valence-electron chi connectivity index (χ3n) is 2.90. The van der Waals surface area contributed by atoms with Gasteiger partial charge in [-0.25, -0.2) is 15.0 Å². The van der Waals surface area contributed by atoms with Gasteiger partial charge in [0, 0.05) is 16.9 Å². The molecular formula is C14H12N4OS. The normalized spacial score (nSPS) is 10.8. The molecule has 0 fully saturated rings. The van der Waals surface area contributed by atoms with Crippen LogP contribution in [0.1, 0.15) is 23.7 Å². The molecule has 5 nitrogen and oxygen atoms in total. The molecule has 0 saturated carbocycles. The molecule has 0 spiro atoms. The molecule has 0 aliphatic rings. The second-order valence-corrected chi connectivity index (χ2v) is 5.19. The first-order valence-corrected chi connectivity index (χ1v) is 7.05. The van der Waals surface area contributed by atoms with Crippen molar-refractivity contribution >= 4 is 28.7 Å². The Bertz CT molecular complexity index is 768. The van der Waals surface area contributed by atoms with Crippen LogP contribution < -0.4 is 0 Å². The van der Waals surface area contributed by atoms with Crippen LogP contribution in [0.3, 0.4) is 0 Å². The highest BCUT2D eigenvalue weighted by Gasteiger charge is 2.13. The summed E-state index contributed by atoms with van der Waals surface area (Å²) < 4.78 is 0. The summed E-state index contributed by atoms with van der Waals surface area (Å²) in [4.78, 5) is 28.4. The number of aromatic nitrogens is 4. The lowest BCUT2D eigenvalue weighted by Gasteiger charge is -2.06. The van der Waals surface area contributed by atoms with Crippen LogP contribution in [-0.4, -0.2) is 25.7 Å². The molecule has 0 amide bonds. The number of nitrogens with one attached hydrogen (secondary N) is 1. The zero-order chi connectivity index (χ0) is 13.9. The van der Waals surface area contributed by atoms with Gasteiger partial charge < -0.3 is 4.98 Å². The fraction of sp³-hybridized carbons (Fsp3) is 0.143. The molecule has 20 heavy (non-hydrogen) atoms. The number of hydrogen-bond donors (Lipinski definition) is 1. The first-order chi connectivity index (χ1) is 9.79. The summed E-state index contributed by atoms with van der Waals surface area (Å²) in [5.74, 6) is 0.128. The third-order valence-corrected chi connectivity index (χ3v) is 3.98. The summed E-state index contributed by atoms with van der Waals surface area (Å²) in [7, 11) is 0. The van der Waals surface area contributed by atoms with E-state index >= 15 is 0 Å². The molecule has 0 atom stereocenters. The Morgan fingerprint density at radius 1 is 1.25 bits per heavy atom.